The van der Waals surface area contributed by atoms with Crippen LogP contribution >= 0.6 is 0 Å². The predicted octanol–water partition coefficient (Wildman–Crippen LogP) is 4.25. The Kier molecular flexibility index (Phi) is 3.10. The average Bonchev–Trinajstić information content (AvgIpc) is 2.76. The molecule has 0 aliphatic heterocycles. The van der Waals surface area contributed by atoms with Gasteiger partial charge in [0, 0.05) is 11.0 Å². The van der Waals surface area contributed by atoms with E-state index in [0.29, 0.717) is 0 Å². The molecule has 1 aliphatic carbocycles. The molecule has 1 nitrogen and oxygen atoms in total. The van der Waals surface area contributed by atoms with Crippen LogP contribution in [0.3, 0.4) is 0 Å². The fourth-order valence-electron chi connectivity index (χ4n) is 2.42. The Balaban J connectivity index is 2.38. The van der Waals surface area contributed by atoms with Crippen molar-refractivity contribution in [1.29, 1.82) is 0 Å². The lowest BCUT2D eigenvalue weighted by molar-refractivity contribution is 0.399. The molecule has 1 heteroatoms. The molecule has 0 N–H and O–H groups in total. The van der Waals surface area contributed by atoms with Crippen LogP contribution in [0.15, 0.2) is 47.6 Å². The Bertz CT molecular complexity index is 478. The van der Waals surface area contributed by atoms with E-state index in [1.54, 1.807) is 7.11 Å². The van der Waals surface area contributed by atoms with Crippen LogP contribution in [0.25, 0.3) is 0 Å². The Morgan fingerprint density at radius 3 is 2.41 bits per heavy atom. The molecule has 0 atom stereocenters. The molecular formula is C16H20O. The van der Waals surface area contributed by atoms with Crippen LogP contribution in [0.2, 0.25) is 0 Å². The van der Waals surface area contributed by atoms with Gasteiger partial charge in [-0.25, -0.2) is 0 Å². The summed E-state index contributed by atoms with van der Waals surface area (Å²) in [5.41, 5.74) is 4.18. The normalized spacial score (nSPS) is 15.5. The molecule has 0 fully saturated rings. The zero-order chi connectivity index (χ0) is 12.5. The van der Waals surface area contributed by atoms with Crippen molar-refractivity contribution in [1.82, 2.24) is 0 Å². The second-order valence-corrected chi connectivity index (χ2v) is 5.21. The minimum absolute atomic E-state index is 0.0286. The van der Waals surface area contributed by atoms with Gasteiger partial charge in [-0.3, -0.25) is 0 Å². The minimum Gasteiger partial charge on any atom is -0.496 e. The lowest BCUT2D eigenvalue weighted by Crippen LogP contribution is -2.20. The summed E-state index contributed by atoms with van der Waals surface area (Å²) >= 11 is 0. The lowest BCUT2D eigenvalue weighted by Gasteiger charge is -2.29. The van der Waals surface area contributed by atoms with E-state index in [2.05, 4.69) is 45.1 Å². The summed E-state index contributed by atoms with van der Waals surface area (Å²) in [5.74, 6) is 0.975. The third-order valence-corrected chi connectivity index (χ3v) is 3.62. The van der Waals surface area contributed by atoms with E-state index >= 15 is 0 Å². The van der Waals surface area contributed by atoms with Crippen molar-refractivity contribution < 1.29 is 4.74 Å². The van der Waals surface area contributed by atoms with Gasteiger partial charge in [-0.15, -0.1) is 0 Å². The van der Waals surface area contributed by atoms with Crippen LogP contribution in [0.1, 0.15) is 32.8 Å². The van der Waals surface area contributed by atoms with Gasteiger partial charge < -0.3 is 4.74 Å². The third kappa shape index (κ3) is 2.14. The Labute approximate surface area is 104 Å². The van der Waals surface area contributed by atoms with E-state index in [4.69, 9.17) is 4.74 Å². The molecule has 0 saturated heterocycles. The van der Waals surface area contributed by atoms with Gasteiger partial charge in [-0.1, -0.05) is 55.3 Å². The first-order valence-electron chi connectivity index (χ1n) is 6.06. The summed E-state index contributed by atoms with van der Waals surface area (Å²) < 4.78 is 5.47. The molecule has 1 aromatic carbocycles. The van der Waals surface area contributed by atoms with Crippen molar-refractivity contribution in [3.63, 3.8) is 0 Å². The number of para-hydroxylation sites is 1. The molecule has 0 amide bonds. The fraction of sp³-hybridized carbons (Fsp3) is 0.375. The van der Waals surface area contributed by atoms with Crippen LogP contribution in [0.5, 0.6) is 5.75 Å². The number of hydrogen-bond donors (Lipinski definition) is 0. The SMILES string of the molecule is COc1ccccc1C(C)(C)C1=CC=C(C)C1. The molecule has 1 aromatic rings. The summed E-state index contributed by atoms with van der Waals surface area (Å²) in [7, 11) is 1.74. The lowest BCUT2D eigenvalue weighted by atomic mass is 9.76. The van der Waals surface area contributed by atoms with Crippen molar-refractivity contribution in [2.24, 2.45) is 0 Å². The molecule has 0 saturated carbocycles. The average molecular weight is 228 g/mol. The number of methoxy groups -OCH3 is 1. The van der Waals surface area contributed by atoms with Crippen molar-refractivity contribution in [3.8, 4) is 5.75 Å². The molecule has 90 valence electrons. The fourth-order valence-corrected chi connectivity index (χ4v) is 2.42. The van der Waals surface area contributed by atoms with Crippen LogP contribution in [0.4, 0.5) is 0 Å². The highest BCUT2D eigenvalue weighted by Gasteiger charge is 2.29. The van der Waals surface area contributed by atoms with Crippen LogP contribution in [0, 0.1) is 0 Å². The smallest absolute Gasteiger partial charge is 0.122 e. The van der Waals surface area contributed by atoms with Crippen molar-refractivity contribution >= 4 is 0 Å². The molecule has 1 aliphatic rings. The second kappa shape index (κ2) is 4.40. The maximum Gasteiger partial charge on any atom is 0.122 e. The van der Waals surface area contributed by atoms with Gasteiger partial charge in [0.25, 0.3) is 0 Å². The van der Waals surface area contributed by atoms with Crippen LogP contribution in [-0.4, -0.2) is 7.11 Å². The highest BCUT2D eigenvalue weighted by Crippen LogP contribution is 2.41. The molecule has 0 bridgehead atoms. The molecule has 17 heavy (non-hydrogen) atoms. The Hall–Kier alpha value is -1.50. The first-order chi connectivity index (χ1) is 8.05. The number of ether oxygens (including phenoxy) is 1. The summed E-state index contributed by atoms with van der Waals surface area (Å²) in [6.07, 6.45) is 5.54. The Morgan fingerprint density at radius 1 is 1.12 bits per heavy atom. The van der Waals surface area contributed by atoms with E-state index < -0.39 is 0 Å². The number of benzene rings is 1. The summed E-state index contributed by atoms with van der Waals surface area (Å²) in [4.78, 5) is 0. The number of allylic oxidation sites excluding steroid dienone is 4. The van der Waals surface area contributed by atoms with Crippen LogP contribution < -0.4 is 4.74 Å². The largest absolute Gasteiger partial charge is 0.496 e. The van der Waals surface area contributed by atoms with E-state index in [9.17, 15) is 0 Å². The van der Waals surface area contributed by atoms with Crippen molar-refractivity contribution in [2.75, 3.05) is 7.11 Å². The Morgan fingerprint density at radius 2 is 1.82 bits per heavy atom. The second-order valence-electron chi connectivity index (χ2n) is 5.21. The van der Waals surface area contributed by atoms with Crippen LogP contribution in [-0.2, 0) is 5.41 Å². The molecule has 0 radical (unpaired) electrons. The summed E-state index contributed by atoms with van der Waals surface area (Å²) in [6, 6.07) is 8.29. The van der Waals surface area contributed by atoms with Crippen molar-refractivity contribution in [3.05, 3.63) is 53.1 Å². The minimum atomic E-state index is 0.0286. The monoisotopic (exact) mass is 228 g/mol. The quantitative estimate of drug-likeness (QED) is 0.751. The van der Waals surface area contributed by atoms with Gasteiger partial charge in [-0.05, 0) is 19.4 Å². The molecule has 0 heterocycles. The van der Waals surface area contributed by atoms with E-state index in [1.165, 1.54) is 16.7 Å². The van der Waals surface area contributed by atoms with Gasteiger partial charge >= 0.3 is 0 Å². The summed E-state index contributed by atoms with van der Waals surface area (Å²) in [5, 5.41) is 0. The first kappa shape index (κ1) is 12.0. The maximum atomic E-state index is 5.47. The predicted molar refractivity (Wildman–Crippen MR) is 72.5 cm³/mol. The topological polar surface area (TPSA) is 9.23 Å². The van der Waals surface area contributed by atoms with E-state index in [0.717, 1.165) is 12.2 Å². The zero-order valence-corrected chi connectivity index (χ0v) is 11.1. The van der Waals surface area contributed by atoms with Gasteiger partial charge in [0.15, 0.2) is 0 Å². The first-order valence-corrected chi connectivity index (χ1v) is 6.06. The maximum absolute atomic E-state index is 5.47. The van der Waals surface area contributed by atoms with E-state index in [1.807, 2.05) is 12.1 Å². The standard InChI is InChI=1S/C16H20O/c1-12-9-10-13(11-12)16(2,3)14-7-5-6-8-15(14)17-4/h5-10H,11H2,1-4H3. The van der Waals surface area contributed by atoms with Gasteiger partial charge in [0.1, 0.15) is 5.75 Å². The molecule has 0 spiro atoms. The van der Waals surface area contributed by atoms with Gasteiger partial charge in [0.05, 0.1) is 7.11 Å². The molecule has 0 aromatic heterocycles. The van der Waals surface area contributed by atoms with Crippen molar-refractivity contribution in [2.45, 2.75) is 32.6 Å². The highest BCUT2D eigenvalue weighted by molar-refractivity contribution is 5.48. The molecular weight excluding hydrogens is 208 g/mol. The van der Waals surface area contributed by atoms with E-state index in [-0.39, 0.29) is 5.41 Å². The third-order valence-electron chi connectivity index (χ3n) is 3.62. The number of rotatable bonds is 3. The molecule has 0 unspecified atom stereocenters. The van der Waals surface area contributed by atoms with Gasteiger partial charge in [0.2, 0.25) is 0 Å². The number of hydrogen-bond acceptors (Lipinski definition) is 1. The zero-order valence-electron chi connectivity index (χ0n) is 11.1. The molecule has 2 rings (SSSR count). The van der Waals surface area contributed by atoms with Gasteiger partial charge in [-0.2, -0.15) is 0 Å². The summed E-state index contributed by atoms with van der Waals surface area (Å²) in [6.45, 7) is 6.72. The highest BCUT2D eigenvalue weighted by atomic mass is 16.5.